The van der Waals surface area contributed by atoms with Crippen LogP contribution in [0.25, 0.3) is 5.70 Å². The summed E-state index contributed by atoms with van der Waals surface area (Å²) in [5.41, 5.74) is 4.14. The topological polar surface area (TPSA) is 59.0 Å². The Morgan fingerprint density at radius 2 is 1.33 bits per heavy atom. The highest BCUT2D eigenvalue weighted by Crippen LogP contribution is 2.38. The van der Waals surface area contributed by atoms with E-state index in [1.165, 1.54) is 4.31 Å². The second kappa shape index (κ2) is 9.84. The largest absolute Gasteiger partial charge is 0.497 e. The molecule has 180 valence electrons. The summed E-state index contributed by atoms with van der Waals surface area (Å²) in [7, 11) is -2.36. The van der Waals surface area contributed by atoms with Crippen molar-refractivity contribution in [2.75, 3.05) is 7.11 Å². The van der Waals surface area contributed by atoms with E-state index in [0.29, 0.717) is 22.8 Å². The second-order valence-corrected chi connectivity index (χ2v) is 10.4. The van der Waals surface area contributed by atoms with Gasteiger partial charge in [-0.2, -0.15) is 0 Å². The number of nitrogens with zero attached hydrogens (tertiary/aromatic N) is 2. The predicted octanol–water partition coefficient (Wildman–Crippen LogP) is 6.24. The second-order valence-electron chi connectivity index (χ2n) is 8.55. The van der Waals surface area contributed by atoms with E-state index in [-0.39, 0.29) is 4.90 Å². The summed E-state index contributed by atoms with van der Waals surface area (Å²) in [6.45, 7) is 1.93. The van der Waals surface area contributed by atoms with Gasteiger partial charge in [0.05, 0.1) is 23.7 Å². The van der Waals surface area contributed by atoms with E-state index >= 15 is 0 Å². The molecule has 0 radical (unpaired) electrons. The standard InChI is InChI=1S/C30H26N2O3S/c1-22-13-19-27(20-14-22)36(33,34)32-29(24-15-17-26(35-2)18-16-24)21-28(23-9-5-3-6-10-23)31-30(32)25-11-7-4-8-12-25/h3-21,29H,1-2H3. The number of amidine groups is 1. The van der Waals surface area contributed by atoms with Gasteiger partial charge < -0.3 is 4.74 Å². The quantitative estimate of drug-likeness (QED) is 0.319. The molecule has 36 heavy (non-hydrogen) atoms. The van der Waals surface area contributed by atoms with Gasteiger partial charge in [0.25, 0.3) is 10.0 Å². The summed E-state index contributed by atoms with van der Waals surface area (Å²) in [6, 6.07) is 33.0. The Balaban J connectivity index is 1.75. The molecule has 0 spiro atoms. The van der Waals surface area contributed by atoms with Gasteiger partial charge in [-0.1, -0.05) is 90.5 Å². The number of sulfonamides is 1. The van der Waals surface area contributed by atoms with Crippen LogP contribution in [0.1, 0.15) is 28.3 Å². The van der Waals surface area contributed by atoms with Crippen molar-refractivity contribution in [3.05, 3.63) is 138 Å². The summed E-state index contributed by atoms with van der Waals surface area (Å²) in [5, 5.41) is 0. The monoisotopic (exact) mass is 494 g/mol. The predicted molar refractivity (Wildman–Crippen MR) is 143 cm³/mol. The molecule has 0 aliphatic carbocycles. The Hall–Kier alpha value is -4.16. The van der Waals surface area contributed by atoms with Crippen molar-refractivity contribution < 1.29 is 13.2 Å². The van der Waals surface area contributed by atoms with Gasteiger partial charge in [0, 0.05) is 5.56 Å². The molecule has 1 unspecified atom stereocenters. The minimum atomic E-state index is -3.97. The Bertz CT molecular complexity index is 1510. The summed E-state index contributed by atoms with van der Waals surface area (Å²) in [6.07, 6.45) is 1.91. The Labute approximate surface area is 212 Å². The lowest BCUT2D eigenvalue weighted by Gasteiger charge is -2.35. The molecule has 0 saturated heterocycles. The third-order valence-corrected chi connectivity index (χ3v) is 7.93. The molecule has 4 aromatic carbocycles. The lowest BCUT2D eigenvalue weighted by atomic mass is 10.0. The molecule has 5 rings (SSSR count). The third-order valence-electron chi connectivity index (χ3n) is 6.14. The van der Waals surface area contributed by atoms with Gasteiger partial charge in [-0.3, -0.25) is 0 Å². The van der Waals surface area contributed by atoms with Crippen LogP contribution in [0, 0.1) is 6.92 Å². The molecule has 1 aliphatic rings. The van der Waals surface area contributed by atoms with E-state index in [1.54, 1.807) is 19.2 Å². The smallest absolute Gasteiger partial charge is 0.266 e. The van der Waals surface area contributed by atoms with Crippen molar-refractivity contribution in [1.29, 1.82) is 0 Å². The first-order valence-corrected chi connectivity index (χ1v) is 13.1. The van der Waals surface area contributed by atoms with Crippen LogP contribution in [0.15, 0.2) is 125 Å². The molecule has 1 heterocycles. The zero-order valence-corrected chi connectivity index (χ0v) is 20.9. The third kappa shape index (κ3) is 4.55. The summed E-state index contributed by atoms with van der Waals surface area (Å²) in [5.74, 6) is 1.07. The van der Waals surface area contributed by atoms with Gasteiger partial charge >= 0.3 is 0 Å². The fourth-order valence-corrected chi connectivity index (χ4v) is 5.78. The number of hydrogen-bond acceptors (Lipinski definition) is 4. The number of ether oxygens (including phenoxy) is 1. The van der Waals surface area contributed by atoms with E-state index in [2.05, 4.69) is 0 Å². The Morgan fingerprint density at radius 1 is 0.750 bits per heavy atom. The molecule has 5 nitrogen and oxygen atoms in total. The van der Waals surface area contributed by atoms with E-state index in [1.807, 2.05) is 110 Å². The van der Waals surface area contributed by atoms with Gasteiger partial charge in [-0.15, -0.1) is 0 Å². The molecule has 0 aromatic heterocycles. The highest BCUT2D eigenvalue weighted by molar-refractivity contribution is 7.89. The molecule has 1 aliphatic heterocycles. The summed E-state index contributed by atoms with van der Waals surface area (Å²) in [4.78, 5) is 5.14. The Morgan fingerprint density at radius 3 is 1.92 bits per heavy atom. The van der Waals surface area contributed by atoms with Crippen molar-refractivity contribution >= 4 is 21.6 Å². The summed E-state index contributed by atoms with van der Waals surface area (Å²) < 4.78 is 35.2. The average Bonchev–Trinajstić information content (AvgIpc) is 2.93. The maximum absolute atomic E-state index is 14.2. The number of methoxy groups -OCH3 is 1. The van der Waals surface area contributed by atoms with Gasteiger partial charge in [-0.05, 0) is 48.4 Å². The van der Waals surface area contributed by atoms with Crippen molar-refractivity contribution in [1.82, 2.24) is 4.31 Å². The van der Waals surface area contributed by atoms with E-state index in [4.69, 9.17) is 9.73 Å². The first-order chi connectivity index (χ1) is 17.5. The molecule has 0 bridgehead atoms. The number of rotatable bonds is 6. The molecular weight excluding hydrogens is 468 g/mol. The van der Waals surface area contributed by atoms with Gasteiger partial charge in [0.15, 0.2) is 5.84 Å². The van der Waals surface area contributed by atoms with Crippen molar-refractivity contribution in [3.63, 3.8) is 0 Å². The number of aryl methyl sites for hydroxylation is 1. The van der Waals surface area contributed by atoms with Crippen LogP contribution in [-0.4, -0.2) is 25.7 Å². The normalized spacial score (nSPS) is 15.7. The lowest BCUT2D eigenvalue weighted by molar-refractivity contribution is 0.414. The number of hydrogen-bond donors (Lipinski definition) is 0. The zero-order chi connectivity index (χ0) is 25.1. The van der Waals surface area contributed by atoms with Crippen molar-refractivity contribution in [2.45, 2.75) is 17.9 Å². The van der Waals surface area contributed by atoms with Crippen LogP contribution in [0.3, 0.4) is 0 Å². The maximum atomic E-state index is 14.2. The van der Waals surface area contributed by atoms with E-state index in [0.717, 1.165) is 16.7 Å². The van der Waals surface area contributed by atoms with E-state index < -0.39 is 16.1 Å². The average molecular weight is 495 g/mol. The maximum Gasteiger partial charge on any atom is 0.266 e. The van der Waals surface area contributed by atoms with Crippen molar-refractivity contribution in [2.24, 2.45) is 4.99 Å². The summed E-state index contributed by atoms with van der Waals surface area (Å²) >= 11 is 0. The van der Waals surface area contributed by atoms with Gasteiger partial charge in [-0.25, -0.2) is 17.7 Å². The number of benzene rings is 4. The minimum Gasteiger partial charge on any atom is -0.497 e. The fraction of sp³-hybridized carbons (Fsp3) is 0.100. The van der Waals surface area contributed by atoms with Gasteiger partial charge in [0.2, 0.25) is 0 Å². The lowest BCUT2D eigenvalue weighted by Crippen LogP contribution is -2.41. The Kier molecular flexibility index (Phi) is 6.44. The minimum absolute atomic E-state index is 0.215. The molecule has 1 atom stereocenters. The highest BCUT2D eigenvalue weighted by Gasteiger charge is 2.37. The van der Waals surface area contributed by atoms with Crippen LogP contribution in [0.5, 0.6) is 5.75 Å². The van der Waals surface area contributed by atoms with Crippen LogP contribution >= 0.6 is 0 Å². The fourth-order valence-electron chi connectivity index (χ4n) is 4.22. The molecule has 0 N–H and O–H groups in total. The zero-order valence-electron chi connectivity index (χ0n) is 20.1. The van der Waals surface area contributed by atoms with E-state index in [9.17, 15) is 8.42 Å². The van der Waals surface area contributed by atoms with Crippen LogP contribution in [0.4, 0.5) is 0 Å². The van der Waals surface area contributed by atoms with Crippen molar-refractivity contribution in [3.8, 4) is 5.75 Å². The van der Waals surface area contributed by atoms with Crippen LogP contribution in [0.2, 0.25) is 0 Å². The molecule has 0 saturated carbocycles. The SMILES string of the molecule is COc1ccc(C2C=C(c3ccccc3)N=C(c3ccccc3)N2S(=O)(=O)c2ccc(C)cc2)cc1. The molecular formula is C30H26N2O3S. The van der Waals surface area contributed by atoms with Crippen LogP contribution < -0.4 is 4.74 Å². The number of aliphatic imine (C=N–C) groups is 1. The molecule has 0 amide bonds. The molecule has 6 heteroatoms. The van der Waals surface area contributed by atoms with Gasteiger partial charge in [0.1, 0.15) is 5.75 Å². The first-order valence-electron chi connectivity index (χ1n) is 11.6. The molecule has 4 aromatic rings. The van der Waals surface area contributed by atoms with Crippen LogP contribution in [-0.2, 0) is 10.0 Å². The highest BCUT2D eigenvalue weighted by atomic mass is 32.2. The molecule has 0 fully saturated rings. The first kappa shape index (κ1) is 23.6.